The van der Waals surface area contributed by atoms with Crippen LogP contribution in [0.1, 0.15) is 32.3 Å². The number of hydrogen-bond donors (Lipinski definition) is 2. The van der Waals surface area contributed by atoms with E-state index in [1.54, 1.807) is 24.3 Å². The summed E-state index contributed by atoms with van der Waals surface area (Å²) < 4.78 is 18.3. The molecule has 0 aliphatic heterocycles. The second-order valence-electron chi connectivity index (χ2n) is 5.35. The Morgan fingerprint density at radius 2 is 1.95 bits per heavy atom. The van der Waals surface area contributed by atoms with Crippen molar-refractivity contribution in [2.24, 2.45) is 0 Å². The number of rotatable bonds is 7. The number of alkyl carbamates (subject to hydrolysis) is 1. The molecule has 0 saturated carbocycles. The number of carboxylic acid groups (broad SMARTS) is 1. The molecule has 116 valence electrons. The molecule has 0 spiro atoms. The third-order valence-corrected chi connectivity index (χ3v) is 2.83. The minimum absolute atomic E-state index is 0.000724. The van der Waals surface area contributed by atoms with E-state index in [2.05, 4.69) is 5.32 Å². The molecule has 0 radical (unpaired) electrons. The van der Waals surface area contributed by atoms with Crippen LogP contribution in [0.5, 0.6) is 0 Å². The molecule has 0 aliphatic carbocycles. The van der Waals surface area contributed by atoms with Crippen molar-refractivity contribution in [3.8, 4) is 0 Å². The highest BCUT2D eigenvalue weighted by Gasteiger charge is 2.25. The maximum absolute atomic E-state index is 13.4. The quantitative estimate of drug-likeness (QED) is 0.811. The van der Waals surface area contributed by atoms with Crippen LogP contribution < -0.4 is 5.32 Å². The summed E-state index contributed by atoms with van der Waals surface area (Å²) >= 11 is 0. The molecule has 21 heavy (non-hydrogen) atoms. The second-order valence-corrected chi connectivity index (χ2v) is 5.35. The van der Waals surface area contributed by atoms with E-state index in [-0.39, 0.29) is 19.4 Å². The first-order valence-electron chi connectivity index (χ1n) is 6.67. The summed E-state index contributed by atoms with van der Waals surface area (Å²) in [5, 5.41) is 11.2. The number of halogens is 1. The standard InChI is InChI=1S/C15H20FNO4/c1-15(2,16)9-8-12(13(18)19)17-14(20)21-10-11-6-4-3-5-7-11/h3-7,12H,8-10H2,1-2H3,(H,17,20)(H,18,19)/t12-/m0/s1. The first kappa shape index (κ1) is 16.9. The number of carbonyl (C=O) groups is 2. The lowest BCUT2D eigenvalue weighted by Crippen LogP contribution is -2.41. The van der Waals surface area contributed by atoms with Crippen LogP contribution in [0.4, 0.5) is 9.18 Å². The molecular formula is C15H20FNO4. The number of carbonyl (C=O) groups excluding carboxylic acids is 1. The van der Waals surface area contributed by atoms with Crippen LogP contribution in [0.15, 0.2) is 30.3 Å². The van der Waals surface area contributed by atoms with Gasteiger partial charge in [0.15, 0.2) is 0 Å². The largest absolute Gasteiger partial charge is 0.480 e. The highest BCUT2D eigenvalue weighted by atomic mass is 19.1. The zero-order valence-electron chi connectivity index (χ0n) is 12.1. The van der Waals surface area contributed by atoms with E-state index in [1.807, 2.05) is 6.07 Å². The van der Waals surface area contributed by atoms with Crippen LogP contribution in [0.2, 0.25) is 0 Å². The molecule has 0 heterocycles. The number of hydrogen-bond acceptors (Lipinski definition) is 3. The van der Waals surface area contributed by atoms with Gasteiger partial charge in [0.2, 0.25) is 0 Å². The van der Waals surface area contributed by atoms with E-state index in [0.29, 0.717) is 0 Å². The van der Waals surface area contributed by atoms with E-state index in [9.17, 15) is 14.0 Å². The van der Waals surface area contributed by atoms with Crippen LogP contribution >= 0.6 is 0 Å². The lowest BCUT2D eigenvalue weighted by atomic mass is 10.0. The summed E-state index contributed by atoms with van der Waals surface area (Å²) in [7, 11) is 0. The number of ether oxygens (including phenoxy) is 1. The maximum atomic E-state index is 13.4. The zero-order valence-corrected chi connectivity index (χ0v) is 12.1. The van der Waals surface area contributed by atoms with Crippen molar-refractivity contribution in [1.82, 2.24) is 5.32 Å². The zero-order chi connectivity index (χ0) is 15.9. The molecule has 1 rings (SSSR count). The first-order chi connectivity index (χ1) is 9.78. The van der Waals surface area contributed by atoms with Crippen LogP contribution in [0, 0.1) is 0 Å². The van der Waals surface area contributed by atoms with E-state index < -0.39 is 23.8 Å². The fraction of sp³-hybridized carbons (Fsp3) is 0.467. The van der Waals surface area contributed by atoms with Crippen molar-refractivity contribution < 1.29 is 23.8 Å². The summed E-state index contributed by atoms with van der Waals surface area (Å²) in [4.78, 5) is 22.6. The van der Waals surface area contributed by atoms with Gasteiger partial charge < -0.3 is 15.2 Å². The molecule has 1 amide bonds. The third kappa shape index (κ3) is 7.29. The van der Waals surface area contributed by atoms with Gasteiger partial charge in [-0.25, -0.2) is 14.0 Å². The van der Waals surface area contributed by atoms with Crippen molar-refractivity contribution in [3.05, 3.63) is 35.9 Å². The topological polar surface area (TPSA) is 75.6 Å². The summed E-state index contributed by atoms with van der Waals surface area (Å²) in [6, 6.07) is 7.85. The summed E-state index contributed by atoms with van der Waals surface area (Å²) in [6.45, 7) is 2.77. The highest BCUT2D eigenvalue weighted by Crippen LogP contribution is 2.17. The maximum Gasteiger partial charge on any atom is 0.408 e. The highest BCUT2D eigenvalue weighted by molar-refractivity contribution is 5.79. The Balaban J connectivity index is 2.43. The van der Waals surface area contributed by atoms with Gasteiger partial charge in [-0.1, -0.05) is 30.3 Å². The fourth-order valence-electron chi connectivity index (χ4n) is 1.65. The van der Waals surface area contributed by atoms with Gasteiger partial charge in [0.05, 0.1) is 0 Å². The van der Waals surface area contributed by atoms with Gasteiger partial charge in [-0.3, -0.25) is 0 Å². The second kappa shape index (κ2) is 7.61. The molecule has 0 unspecified atom stereocenters. The molecule has 1 aromatic carbocycles. The van der Waals surface area contributed by atoms with E-state index in [0.717, 1.165) is 5.56 Å². The number of benzene rings is 1. The van der Waals surface area contributed by atoms with Crippen LogP contribution in [0.3, 0.4) is 0 Å². The van der Waals surface area contributed by atoms with E-state index in [1.165, 1.54) is 13.8 Å². The number of aliphatic carboxylic acids is 1. The SMILES string of the molecule is CC(C)(F)CC[C@H](NC(=O)OCc1ccccc1)C(=O)O. The minimum Gasteiger partial charge on any atom is -0.480 e. The van der Waals surface area contributed by atoms with Crippen LogP contribution in [-0.2, 0) is 16.1 Å². The van der Waals surface area contributed by atoms with Crippen molar-refractivity contribution >= 4 is 12.1 Å². The first-order valence-corrected chi connectivity index (χ1v) is 6.67. The molecule has 0 aromatic heterocycles. The molecule has 1 atom stereocenters. The number of carboxylic acids is 1. The predicted molar refractivity (Wildman–Crippen MR) is 75.6 cm³/mol. The van der Waals surface area contributed by atoms with Gasteiger partial charge in [-0.05, 0) is 32.3 Å². The van der Waals surface area contributed by atoms with Crippen LogP contribution in [0.25, 0.3) is 0 Å². The number of amides is 1. The monoisotopic (exact) mass is 297 g/mol. The summed E-state index contributed by atoms with van der Waals surface area (Å²) in [6.07, 6.45) is -0.801. The molecule has 2 N–H and O–H groups in total. The van der Waals surface area contributed by atoms with E-state index >= 15 is 0 Å². The van der Waals surface area contributed by atoms with Gasteiger partial charge in [0.1, 0.15) is 18.3 Å². The Labute approximate surface area is 123 Å². The smallest absolute Gasteiger partial charge is 0.408 e. The lowest BCUT2D eigenvalue weighted by Gasteiger charge is -2.18. The average molecular weight is 297 g/mol. The van der Waals surface area contributed by atoms with Crippen molar-refractivity contribution in [2.75, 3.05) is 0 Å². The molecule has 0 saturated heterocycles. The molecule has 1 aromatic rings. The molecule has 0 bridgehead atoms. The number of nitrogens with one attached hydrogen (secondary N) is 1. The Kier molecular flexibility index (Phi) is 6.14. The Morgan fingerprint density at radius 1 is 1.33 bits per heavy atom. The van der Waals surface area contributed by atoms with Gasteiger partial charge >= 0.3 is 12.1 Å². The predicted octanol–water partition coefficient (Wildman–Crippen LogP) is 2.89. The van der Waals surface area contributed by atoms with Gasteiger partial charge in [-0.2, -0.15) is 0 Å². The minimum atomic E-state index is -1.48. The molecule has 0 fully saturated rings. The third-order valence-electron chi connectivity index (χ3n) is 2.83. The van der Waals surface area contributed by atoms with Crippen LogP contribution in [-0.4, -0.2) is 28.9 Å². The Hall–Kier alpha value is -2.11. The van der Waals surface area contributed by atoms with Gasteiger partial charge in [-0.15, -0.1) is 0 Å². The van der Waals surface area contributed by atoms with Crippen molar-refractivity contribution in [3.63, 3.8) is 0 Å². The molecule has 6 heteroatoms. The van der Waals surface area contributed by atoms with Gasteiger partial charge in [0.25, 0.3) is 0 Å². The normalized spacial score (nSPS) is 12.5. The molecular weight excluding hydrogens is 277 g/mol. The Morgan fingerprint density at radius 3 is 2.48 bits per heavy atom. The fourth-order valence-corrected chi connectivity index (χ4v) is 1.65. The molecule has 0 aliphatic rings. The van der Waals surface area contributed by atoms with E-state index in [4.69, 9.17) is 9.84 Å². The molecule has 5 nitrogen and oxygen atoms in total. The summed E-state index contributed by atoms with van der Waals surface area (Å²) in [5.41, 5.74) is -0.687. The summed E-state index contributed by atoms with van der Waals surface area (Å²) in [5.74, 6) is -1.21. The number of alkyl halides is 1. The van der Waals surface area contributed by atoms with Crippen molar-refractivity contribution in [2.45, 2.75) is 45.0 Å². The van der Waals surface area contributed by atoms with Gasteiger partial charge in [0, 0.05) is 0 Å². The van der Waals surface area contributed by atoms with Crippen molar-refractivity contribution in [1.29, 1.82) is 0 Å². The Bertz CT molecular complexity index is 470. The lowest BCUT2D eigenvalue weighted by molar-refractivity contribution is -0.139. The average Bonchev–Trinajstić information content (AvgIpc) is 2.41.